The Morgan fingerprint density at radius 3 is 2.94 bits per heavy atom. The predicted molar refractivity (Wildman–Crippen MR) is 77.0 cm³/mol. The van der Waals surface area contributed by atoms with Gasteiger partial charge < -0.3 is 10.1 Å². The van der Waals surface area contributed by atoms with Crippen LogP contribution in [0.15, 0.2) is 10.9 Å². The number of nitrogens with one attached hydrogen (secondary N) is 1. The second-order valence-electron chi connectivity index (χ2n) is 4.74. The lowest BCUT2D eigenvalue weighted by atomic mass is 10.4. The van der Waals surface area contributed by atoms with Crippen molar-refractivity contribution in [3.05, 3.63) is 16.6 Å². The third kappa shape index (κ3) is 7.76. The zero-order chi connectivity index (χ0) is 13.2. The van der Waals surface area contributed by atoms with Gasteiger partial charge in [-0.3, -0.25) is 4.90 Å². The van der Waals surface area contributed by atoms with E-state index in [0.29, 0.717) is 6.10 Å². The molecule has 1 aromatic heterocycles. The molecule has 0 saturated heterocycles. The van der Waals surface area contributed by atoms with Gasteiger partial charge in [-0.15, -0.1) is 11.3 Å². The van der Waals surface area contributed by atoms with Crippen LogP contribution in [0.3, 0.4) is 0 Å². The predicted octanol–water partition coefficient (Wildman–Crippen LogP) is 1.98. The zero-order valence-electron chi connectivity index (χ0n) is 11.7. The molecule has 1 rings (SSSR count). The van der Waals surface area contributed by atoms with Crippen molar-refractivity contribution in [1.29, 1.82) is 0 Å². The minimum atomic E-state index is 0.342. The molecule has 0 aliphatic heterocycles. The molecule has 0 fully saturated rings. The average molecular weight is 271 g/mol. The number of ether oxygens (including phenoxy) is 1. The van der Waals surface area contributed by atoms with Crippen molar-refractivity contribution in [2.75, 3.05) is 33.3 Å². The monoisotopic (exact) mass is 271 g/mol. The summed E-state index contributed by atoms with van der Waals surface area (Å²) >= 11 is 1.65. The summed E-state index contributed by atoms with van der Waals surface area (Å²) in [6.07, 6.45) is 1.42. The fourth-order valence-corrected chi connectivity index (χ4v) is 2.13. The van der Waals surface area contributed by atoms with Gasteiger partial charge in [0, 0.05) is 31.6 Å². The maximum atomic E-state index is 5.48. The van der Waals surface area contributed by atoms with Crippen molar-refractivity contribution < 1.29 is 4.74 Å². The summed E-state index contributed by atoms with van der Waals surface area (Å²) in [4.78, 5) is 6.57. The molecule has 1 aromatic rings. The third-order valence-corrected chi connectivity index (χ3v) is 3.17. The molecule has 0 aliphatic rings. The van der Waals surface area contributed by atoms with Crippen LogP contribution in [0.5, 0.6) is 0 Å². The van der Waals surface area contributed by atoms with Crippen LogP contribution in [0, 0.1) is 0 Å². The second kappa shape index (κ2) is 9.44. The number of aromatic nitrogens is 1. The SMILES string of the molecule is CC(C)OCCCNCCN(C)Cc1cscn1. The van der Waals surface area contributed by atoms with Crippen LogP contribution in [0.2, 0.25) is 0 Å². The number of thiazole rings is 1. The Balaban J connectivity index is 1.91. The summed E-state index contributed by atoms with van der Waals surface area (Å²) in [5.74, 6) is 0. The van der Waals surface area contributed by atoms with E-state index >= 15 is 0 Å². The van der Waals surface area contributed by atoms with Gasteiger partial charge in [0.25, 0.3) is 0 Å². The first-order valence-corrected chi connectivity index (χ1v) is 7.50. The van der Waals surface area contributed by atoms with Gasteiger partial charge in [-0.2, -0.15) is 0 Å². The van der Waals surface area contributed by atoms with E-state index in [-0.39, 0.29) is 0 Å². The van der Waals surface area contributed by atoms with E-state index in [0.717, 1.165) is 44.9 Å². The summed E-state index contributed by atoms with van der Waals surface area (Å²) in [5.41, 5.74) is 3.05. The molecule has 0 aromatic carbocycles. The summed E-state index contributed by atoms with van der Waals surface area (Å²) in [6.45, 7) is 9.00. The van der Waals surface area contributed by atoms with Crippen LogP contribution in [-0.2, 0) is 11.3 Å². The van der Waals surface area contributed by atoms with Gasteiger partial charge in [0.05, 0.1) is 17.3 Å². The molecule has 0 bridgehead atoms. The van der Waals surface area contributed by atoms with E-state index < -0.39 is 0 Å². The van der Waals surface area contributed by atoms with Crippen molar-refractivity contribution in [3.63, 3.8) is 0 Å². The summed E-state index contributed by atoms with van der Waals surface area (Å²) < 4.78 is 5.48. The molecule has 0 amide bonds. The van der Waals surface area contributed by atoms with E-state index in [1.54, 1.807) is 11.3 Å². The standard InChI is InChI=1S/C13H25N3OS/c1-12(2)17-8-4-5-14-6-7-16(3)9-13-10-18-11-15-13/h10-12,14H,4-9H2,1-3H3. The topological polar surface area (TPSA) is 37.4 Å². The van der Waals surface area contributed by atoms with Crippen molar-refractivity contribution in [2.24, 2.45) is 0 Å². The Kier molecular flexibility index (Phi) is 8.17. The van der Waals surface area contributed by atoms with E-state index in [1.165, 1.54) is 0 Å². The number of rotatable bonds is 10. The molecular weight excluding hydrogens is 246 g/mol. The van der Waals surface area contributed by atoms with Gasteiger partial charge in [-0.25, -0.2) is 4.98 Å². The fourth-order valence-electron chi connectivity index (χ4n) is 1.58. The Morgan fingerprint density at radius 2 is 2.28 bits per heavy atom. The number of nitrogens with zero attached hydrogens (tertiary/aromatic N) is 2. The smallest absolute Gasteiger partial charge is 0.0795 e. The normalized spacial score (nSPS) is 11.6. The van der Waals surface area contributed by atoms with Gasteiger partial charge >= 0.3 is 0 Å². The Hall–Kier alpha value is -0.490. The second-order valence-corrected chi connectivity index (χ2v) is 5.46. The number of likely N-dealkylation sites (N-methyl/N-ethyl adjacent to an activating group) is 1. The molecule has 0 atom stereocenters. The van der Waals surface area contributed by atoms with E-state index in [9.17, 15) is 0 Å². The highest BCUT2D eigenvalue weighted by Gasteiger charge is 2.01. The molecular formula is C13H25N3OS. The fraction of sp³-hybridized carbons (Fsp3) is 0.769. The summed E-state index contributed by atoms with van der Waals surface area (Å²) in [7, 11) is 2.13. The van der Waals surface area contributed by atoms with Crippen molar-refractivity contribution >= 4 is 11.3 Å². The highest BCUT2D eigenvalue weighted by Crippen LogP contribution is 2.03. The van der Waals surface area contributed by atoms with Crippen molar-refractivity contribution in [1.82, 2.24) is 15.2 Å². The minimum absolute atomic E-state index is 0.342. The van der Waals surface area contributed by atoms with Crippen LogP contribution >= 0.6 is 11.3 Å². The summed E-state index contributed by atoms with van der Waals surface area (Å²) in [5, 5.41) is 5.53. The van der Waals surface area contributed by atoms with Gasteiger partial charge in [0.1, 0.15) is 0 Å². The largest absolute Gasteiger partial charge is 0.379 e. The van der Waals surface area contributed by atoms with Gasteiger partial charge in [0.2, 0.25) is 0 Å². The maximum Gasteiger partial charge on any atom is 0.0795 e. The molecule has 0 spiro atoms. The number of hydrogen-bond donors (Lipinski definition) is 1. The first kappa shape index (κ1) is 15.6. The lowest BCUT2D eigenvalue weighted by Crippen LogP contribution is -2.30. The Morgan fingerprint density at radius 1 is 1.44 bits per heavy atom. The quantitative estimate of drug-likeness (QED) is 0.660. The van der Waals surface area contributed by atoms with E-state index in [4.69, 9.17) is 4.74 Å². The Bertz CT molecular complexity index is 290. The molecule has 0 aliphatic carbocycles. The number of hydrogen-bond acceptors (Lipinski definition) is 5. The molecule has 0 saturated carbocycles. The van der Waals surface area contributed by atoms with Crippen LogP contribution in [-0.4, -0.2) is 49.3 Å². The molecule has 18 heavy (non-hydrogen) atoms. The van der Waals surface area contributed by atoms with E-state index in [2.05, 4.69) is 41.5 Å². The third-order valence-electron chi connectivity index (χ3n) is 2.53. The molecule has 0 radical (unpaired) electrons. The van der Waals surface area contributed by atoms with Gasteiger partial charge in [0.15, 0.2) is 0 Å². The van der Waals surface area contributed by atoms with Gasteiger partial charge in [-0.05, 0) is 33.9 Å². The lowest BCUT2D eigenvalue weighted by Gasteiger charge is -2.15. The van der Waals surface area contributed by atoms with Gasteiger partial charge in [-0.1, -0.05) is 0 Å². The zero-order valence-corrected chi connectivity index (χ0v) is 12.5. The molecule has 0 unspecified atom stereocenters. The van der Waals surface area contributed by atoms with Crippen LogP contribution in [0.1, 0.15) is 26.0 Å². The van der Waals surface area contributed by atoms with Crippen molar-refractivity contribution in [3.8, 4) is 0 Å². The average Bonchev–Trinajstić information content (AvgIpc) is 2.80. The lowest BCUT2D eigenvalue weighted by molar-refractivity contribution is 0.0770. The van der Waals surface area contributed by atoms with Crippen LogP contribution < -0.4 is 5.32 Å². The van der Waals surface area contributed by atoms with Crippen molar-refractivity contribution in [2.45, 2.75) is 32.9 Å². The first-order valence-electron chi connectivity index (χ1n) is 6.56. The molecule has 4 nitrogen and oxygen atoms in total. The Labute approximate surface area is 114 Å². The molecule has 5 heteroatoms. The molecule has 104 valence electrons. The molecule has 1 N–H and O–H groups in total. The van der Waals surface area contributed by atoms with Crippen LogP contribution in [0.4, 0.5) is 0 Å². The summed E-state index contributed by atoms with van der Waals surface area (Å²) in [6, 6.07) is 0. The highest BCUT2D eigenvalue weighted by molar-refractivity contribution is 7.07. The minimum Gasteiger partial charge on any atom is -0.379 e. The van der Waals surface area contributed by atoms with E-state index in [1.807, 2.05) is 5.51 Å². The maximum absolute atomic E-state index is 5.48. The molecule has 1 heterocycles. The first-order chi connectivity index (χ1) is 8.68. The highest BCUT2D eigenvalue weighted by atomic mass is 32.1. The van der Waals surface area contributed by atoms with Crippen LogP contribution in [0.25, 0.3) is 0 Å².